The summed E-state index contributed by atoms with van der Waals surface area (Å²) in [7, 11) is 0. The van der Waals surface area contributed by atoms with Crippen molar-refractivity contribution in [1.82, 2.24) is 0 Å². The molecule has 1 heteroatoms. The van der Waals surface area contributed by atoms with Gasteiger partial charge in [-0.15, -0.1) is 0 Å². The number of benzene rings is 9. The van der Waals surface area contributed by atoms with Gasteiger partial charge in [0.2, 0.25) is 0 Å². The average molecular weight is 770 g/mol. The monoisotopic (exact) mass is 769 g/mol. The molecular weight excluding hydrogens is 723 g/mol. The van der Waals surface area contributed by atoms with Gasteiger partial charge in [0.25, 0.3) is 0 Å². The third-order valence-electron chi connectivity index (χ3n) is 12.8. The summed E-state index contributed by atoms with van der Waals surface area (Å²) in [4.78, 5) is 2.38. The second kappa shape index (κ2) is 15.9. The summed E-state index contributed by atoms with van der Waals surface area (Å²) in [6.07, 6.45) is 6.61. The van der Waals surface area contributed by atoms with Gasteiger partial charge in [-0.1, -0.05) is 202 Å². The minimum Gasteiger partial charge on any atom is -0.310 e. The number of para-hydroxylation sites is 2. The molecule has 0 radical (unpaired) electrons. The van der Waals surface area contributed by atoms with Crippen molar-refractivity contribution in [3.63, 3.8) is 0 Å². The number of hydrogen-bond acceptors (Lipinski definition) is 1. The molecule has 0 aromatic heterocycles. The van der Waals surface area contributed by atoms with Crippen LogP contribution in [0.4, 0.5) is 17.1 Å². The van der Waals surface area contributed by atoms with Gasteiger partial charge in [0, 0.05) is 22.5 Å². The van der Waals surface area contributed by atoms with Crippen LogP contribution in [0.15, 0.2) is 212 Å². The van der Waals surface area contributed by atoms with Gasteiger partial charge >= 0.3 is 0 Å². The Balaban J connectivity index is 0.981. The van der Waals surface area contributed by atoms with Crippen LogP contribution >= 0.6 is 0 Å². The molecule has 0 amide bonds. The fourth-order valence-electron chi connectivity index (χ4n) is 9.70. The van der Waals surface area contributed by atoms with Crippen LogP contribution in [-0.4, -0.2) is 0 Å². The van der Waals surface area contributed by atoms with Gasteiger partial charge in [-0.3, -0.25) is 0 Å². The molecule has 60 heavy (non-hydrogen) atoms. The molecule has 0 bridgehead atoms. The second-order valence-corrected chi connectivity index (χ2v) is 15.9. The van der Waals surface area contributed by atoms with Crippen LogP contribution in [0.3, 0.4) is 0 Å². The van der Waals surface area contributed by atoms with Crippen LogP contribution in [0, 0.1) is 0 Å². The summed E-state index contributed by atoms with van der Waals surface area (Å²) in [5.74, 6) is 0. The minimum atomic E-state index is -0.0668. The summed E-state index contributed by atoms with van der Waals surface area (Å²) < 4.78 is 0. The maximum absolute atomic E-state index is 2.46. The molecular formula is C59H47N. The van der Waals surface area contributed by atoms with Crippen LogP contribution in [0.25, 0.3) is 67.4 Å². The Kier molecular flexibility index (Phi) is 9.79. The van der Waals surface area contributed by atoms with Crippen molar-refractivity contribution in [3.05, 3.63) is 235 Å². The van der Waals surface area contributed by atoms with E-state index in [1.165, 1.54) is 83.2 Å². The quantitative estimate of drug-likeness (QED) is 0.125. The molecule has 1 aliphatic rings. The van der Waals surface area contributed by atoms with E-state index in [4.69, 9.17) is 0 Å². The maximum atomic E-state index is 2.46. The molecule has 0 saturated carbocycles. The lowest BCUT2D eigenvalue weighted by Crippen LogP contribution is -2.23. The Morgan fingerprint density at radius 1 is 0.367 bits per heavy atom. The van der Waals surface area contributed by atoms with E-state index in [1.54, 1.807) is 0 Å². The second-order valence-electron chi connectivity index (χ2n) is 15.9. The smallest absolute Gasteiger partial charge is 0.0465 e. The summed E-state index contributed by atoms with van der Waals surface area (Å²) in [6.45, 7) is 4.71. The zero-order valence-corrected chi connectivity index (χ0v) is 34.2. The van der Waals surface area contributed by atoms with Crippen LogP contribution in [-0.2, 0) is 5.41 Å². The van der Waals surface area contributed by atoms with Gasteiger partial charge in [0.1, 0.15) is 0 Å². The first-order chi connectivity index (χ1) is 29.6. The predicted molar refractivity (Wildman–Crippen MR) is 257 cm³/mol. The van der Waals surface area contributed by atoms with Gasteiger partial charge in [-0.25, -0.2) is 0 Å². The normalized spacial score (nSPS) is 12.7. The Labute approximate surface area is 354 Å². The average Bonchev–Trinajstić information content (AvgIpc) is 3.60. The lowest BCUT2D eigenvalue weighted by Gasteiger charge is -2.32. The first kappa shape index (κ1) is 37.1. The van der Waals surface area contributed by atoms with Crippen molar-refractivity contribution in [1.29, 1.82) is 0 Å². The molecule has 10 rings (SSSR count). The van der Waals surface area contributed by atoms with Gasteiger partial charge in [0.15, 0.2) is 0 Å². The molecule has 0 atom stereocenters. The van der Waals surface area contributed by atoms with Crippen molar-refractivity contribution in [2.45, 2.75) is 32.1 Å². The highest BCUT2D eigenvalue weighted by atomic mass is 15.1. The van der Waals surface area contributed by atoms with Gasteiger partial charge in [0.05, 0.1) is 0 Å². The standard InChI is InChI=1S/C59H47N/c1-3-59(4-2)56-40-43(32-36-53(56)54-37-35-49(41-57(54)59)60(47-22-13-7-14-23-47)48-24-15-8-16-25-48)29-28-42-30-33-46(34-31-42)51-26-17-27-55-50(44-18-9-5-10-19-44)38-39-52(58(51)55)45-20-11-6-12-21-45/h5-41H,3-4H2,1-2H3/b29-28+. The third kappa shape index (κ3) is 6.53. The minimum absolute atomic E-state index is 0.0668. The van der Waals surface area contributed by atoms with Gasteiger partial charge in [-0.05, 0) is 127 Å². The van der Waals surface area contributed by atoms with Crippen molar-refractivity contribution in [3.8, 4) is 44.5 Å². The molecule has 0 unspecified atom stereocenters. The van der Waals surface area contributed by atoms with Crippen molar-refractivity contribution < 1.29 is 0 Å². The van der Waals surface area contributed by atoms with E-state index < -0.39 is 0 Å². The number of rotatable bonds is 10. The molecule has 0 N–H and O–H groups in total. The molecule has 288 valence electrons. The van der Waals surface area contributed by atoms with E-state index in [1.807, 2.05) is 0 Å². The van der Waals surface area contributed by atoms with E-state index in [2.05, 4.69) is 243 Å². The predicted octanol–water partition coefficient (Wildman–Crippen LogP) is 16.6. The Hall–Kier alpha value is -7.22. The van der Waals surface area contributed by atoms with Gasteiger partial charge < -0.3 is 4.90 Å². The highest BCUT2D eigenvalue weighted by molar-refractivity contribution is 6.12. The summed E-state index contributed by atoms with van der Waals surface area (Å²) in [5, 5.41) is 2.54. The topological polar surface area (TPSA) is 3.24 Å². The molecule has 9 aromatic rings. The Morgan fingerprint density at radius 3 is 1.45 bits per heavy atom. The molecule has 1 aliphatic carbocycles. The molecule has 0 heterocycles. The fourth-order valence-corrected chi connectivity index (χ4v) is 9.70. The zero-order chi connectivity index (χ0) is 40.5. The number of anilines is 3. The molecule has 1 nitrogen and oxygen atoms in total. The van der Waals surface area contributed by atoms with Gasteiger partial charge in [-0.2, -0.15) is 0 Å². The molecule has 0 aliphatic heterocycles. The van der Waals surface area contributed by atoms with Crippen molar-refractivity contribution in [2.24, 2.45) is 0 Å². The molecule has 0 saturated heterocycles. The maximum Gasteiger partial charge on any atom is 0.0465 e. The van der Waals surface area contributed by atoms with Crippen LogP contribution in [0.5, 0.6) is 0 Å². The number of nitrogens with zero attached hydrogens (tertiary/aromatic N) is 1. The van der Waals surface area contributed by atoms with Crippen molar-refractivity contribution in [2.75, 3.05) is 4.90 Å². The first-order valence-corrected chi connectivity index (χ1v) is 21.3. The van der Waals surface area contributed by atoms with Crippen LogP contribution in [0.2, 0.25) is 0 Å². The van der Waals surface area contributed by atoms with Crippen molar-refractivity contribution >= 4 is 40.0 Å². The Morgan fingerprint density at radius 2 is 0.833 bits per heavy atom. The fraction of sp³-hybridized carbons (Fsp3) is 0.0847. The lowest BCUT2D eigenvalue weighted by atomic mass is 9.73. The number of fused-ring (bicyclic) bond motifs is 4. The highest BCUT2D eigenvalue weighted by Crippen LogP contribution is 2.54. The zero-order valence-electron chi connectivity index (χ0n) is 34.2. The van der Waals surface area contributed by atoms with Crippen LogP contribution in [0.1, 0.15) is 48.9 Å². The SMILES string of the molecule is CCC1(CC)c2cc(/C=C/c3ccc(-c4cccc5c(-c6ccccc6)ccc(-c6ccccc6)c45)cc3)ccc2-c2ccc(N(c3ccccc3)c3ccccc3)cc21. The largest absolute Gasteiger partial charge is 0.310 e. The van der Waals surface area contributed by atoms with E-state index in [0.29, 0.717) is 0 Å². The third-order valence-corrected chi connectivity index (χ3v) is 12.8. The molecule has 0 fully saturated rings. The van der Waals surface area contributed by atoms with E-state index in [9.17, 15) is 0 Å². The van der Waals surface area contributed by atoms with E-state index >= 15 is 0 Å². The number of hydrogen-bond donors (Lipinski definition) is 0. The van der Waals surface area contributed by atoms with E-state index in [0.717, 1.165) is 24.2 Å². The summed E-state index contributed by atoms with van der Waals surface area (Å²) in [5.41, 5.74) is 18.8. The summed E-state index contributed by atoms with van der Waals surface area (Å²) in [6, 6.07) is 77.5. The Bertz CT molecular complexity index is 2920. The first-order valence-electron chi connectivity index (χ1n) is 21.3. The molecule has 0 spiro atoms. The summed E-state index contributed by atoms with van der Waals surface area (Å²) >= 11 is 0. The highest BCUT2D eigenvalue weighted by Gasteiger charge is 2.41. The lowest BCUT2D eigenvalue weighted by molar-refractivity contribution is 0.490. The molecule has 9 aromatic carbocycles. The van der Waals surface area contributed by atoms with E-state index in [-0.39, 0.29) is 5.41 Å². The van der Waals surface area contributed by atoms with Crippen LogP contribution < -0.4 is 4.90 Å².